The summed E-state index contributed by atoms with van der Waals surface area (Å²) in [5.74, 6) is -0.229. The molecule has 0 unspecified atom stereocenters. The summed E-state index contributed by atoms with van der Waals surface area (Å²) in [4.78, 5) is 30.5. The molecule has 0 aliphatic carbocycles. The van der Waals surface area contributed by atoms with Crippen LogP contribution in [0.5, 0.6) is 0 Å². The van der Waals surface area contributed by atoms with Crippen LogP contribution in [0.15, 0.2) is 47.7 Å². The molecule has 0 saturated heterocycles. The molecule has 1 amide bonds. The van der Waals surface area contributed by atoms with Gasteiger partial charge in [0.05, 0.1) is 19.3 Å². The number of carbonyl (C=O) groups is 1. The van der Waals surface area contributed by atoms with Gasteiger partial charge in [0.25, 0.3) is 5.56 Å². The first-order valence-electron chi connectivity index (χ1n) is 7.45. The molecule has 1 aromatic carbocycles. The van der Waals surface area contributed by atoms with Gasteiger partial charge in [0.2, 0.25) is 5.91 Å². The Hall–Kier alpha value is -3.00. The van der Waals surface area contributed by atoms with Crippen LogP contribution >= 0.6 is 0 Å². The van der Waals surface area contributed by atoms with E-state index in [-0.39, 0.29) is 31.2 Å². The summed E-state index contributed by atoms with van der Waals surface area (Å²) in [5, 5.41) is 13.3. The number of likely N-dealkylation sites (N-methyl/N-ethyl adjacent to an activating group) is 1. The number of benzene rings is 1. The summed E-state index contributed by atoms with van der Waals surface area (Å²) in [7, 11) is 1.66. The summed E-state index contributed by atoms with van der Waals surface area (Å²) < 4.78 is 2.72. The van der Waals surface area contributed by atoms with Crippen molar-refractivity contribution in [2.75, 3.05) is 18.6 Å². The SMILES string of the molecule is CN(C(=O)Cn1cnc2c(cnn2CCO)c1=O)c1ccccc1. The number of hydrogen-bond acceptors (Lipinski definition) is 5. The molecule has 8 nitrogen and oxygen atoms in total. The maximum absolute atomic E-state index is 12.5. The zero-order chi connectivity index (χ0) is 17.1. The number of hydrogen-bond donors (Lipinski definition) is 1. The number of aromatic nitrogens is 4. The van der Waals surface area contributed by atoms with Crippen molar-refractivity contribution in [3.63, 3.8) is 0 Å². The Labute approximate surface area is 137 Å². The summed E-state index contributed by atoms with van der Waals surface area (Å²) in [6, 6.07) is 9.19. The van der Waals surface area contributed by atoms with Crippen molar-refractivity contribution < 1.29 is 9.90 Å². The number of aliphatic hydroxyl groups excluding tert-OH is 1. The van der Waals surface area contributed by atoms with Gasteiger partial charge in [-0.25, -0.2) is 9.67 Å². The molecule has 2 heterocycles. The van der Waals surface area contributed by atoms with Gasteiger partial charge in [-0.15, -0.1) is 0 Å². The molecule has 8 heteroatoms. The highest BCUT2D eigenvalue weighted by Gasteiger charge is 2.15. The van der Waals surface area contributed by atoms with E-state index in [1.54, 1.807) is 7.05 Å². The Morgan fingerprint density at radius 2 is 2.04 bits per heavy atom. The minimum Gasteiger partial charge on any atom is -0.394 e. The molecule has 3 aromatic rings. The molecule has 0 fully saturated rings. The predicted molar refractivity (Wildman–Crippen MR) is 88.7 cm³/mol. The lowest BCUT2D eigenvalue weighted by Gasteiger charge is -2.17. The van der Waals surface area contributed by atoms with E-state index >= 15 is 0 Å². The molecule has 0 atom stereocenters. The molecule has 0 aliphatic rings. The van der Waals surface area contributed by atoms with Crippen LogP contribution in [0.25, 0.3) is 11.0 Å². The maximum atomic E-state index is 12.5. The smallest absolute Gasteiger partial charge is 0.264 e. The average molecular weight is 327 g/mol. The van der Waals surface area contributed by atoms with Crippen molar-refractivity contribution in [3.05, 3.63) is 53.2 Å². The molecule has 1 N–H and O–H groups in total. The minimum absolute atomic E-state index is 0.0953. The predicted octanol–water partition coefficient (Wildman–Crippen LogP) is 0.248. The zero-order valence-corrected chi connectivity index (χ0v) is 13.2. The first-order valence-corrected chi connectivity index (χ1v) is 7.45. The van der Waals surface area contributed by atoms with Gasteiger partial charge >= 0.3 is 0 Å². The van der Waals surface area contributed by atoms with Gasteiger partial charge in [0, 0.05) is 12.7 Å². The Balaban J connectivity index is 1.86. The Bertz CT molecular complexity index is 916. The number of amides is 1. The molecule has 3 rings (SSSR count). The number of para-hydroxylation sites is 1. The van der Waals surface area contributed by atoms with E-state index in [4.69, 9.17) is 5.11 Å². The molecule has 124 valence electrons. The van der Waals surface area contributed by atoms with E-state index in [0.717, 1.165) is 5.69 Å². The Morgan fingerprint density at radius 3 is 2.75 bits per heavy atom. The fourth-order valence-corrected chi connectivity index (χ4v) is 2.42. The van der Waals surface area contributed by atoms with Crippen LogP contribution in [0.1, 0.15) is 0 Å². The van der Waals surface area contributed by atoms with Crippen molar-refractivity contribution >= 4 is 22.6 Å². The largest absolute Gasteiger partial charge is 0.394 e. The van der Waals surface area contributed by atoms with Crippen LogP contribution in [0.3, 0.4) is 0 Å². The molecule has 0 aliphatic heterocycles. The van der Waals surface area contributed by atoms with Gasteiger partial charge in [-0.1, -0.05) is 18.2 Å². The summed E-state index contributed by atoms with van der Waals surface area (Å²) in [6.45, 7) is 0.0515. The fourth-order valence-electron chi connectivity index (χ4n) is 2.42. The Morgan fingerprint density at radius 1 is 1.29 bits per heavy atom. The van der Waals surface area contributed by atoms with Gasteiger partial charge in [-0.3, -0.25) is 14.2 Å². The van der Waals surface area contributed by atoms with Gasteiger partial charge in [0.15, 0.2) is 5.65 Å². The first kappa shape index (κ1) is 15.9. The molecule has 24 heavy (non-hydrogen) atoms. The third-order valence-electron chi connectivity index (χ3n) is 3.76. The topological polar surface area (TPSA) is 93.2 Å². The van der Waals surface area contributed by atoms with Crippen molar-refractivity contribution in [3.8, 4) is 0 Å². The van der Waals surface area contributed by atoms with E-state index in [1.807, 2.05) is 30.3 Å². The number of carbonyl (C=O) groups excluding carboxylic acids is 1. The average Bonchev–Trinajstić information content (AvgIpc) is 3.01. The van der Waals surface area contributed by atoms with Gasteiger partial charge in [-0.05, 0) is 12.1 Å². The van der Waals surface area contributed by atoms with E-state index in [1.165, 1.54) is 26.7 Å². The molecule has 0 bridgehead atoms. The van der Waals surface area contributed by atoms with Gasteiger partial charge in [-0.2, -0.15) is 5.10 Å². The Kier molecular flexibility index (Phi) is 4.39. The van der Waals surface area contributed by atoms with Crippen LogP contribution in [-0.2, 0) is 17.9 Å². The van der Waals surface area contributed by atoms with Crippen molar-refractivity contribution in [1.29, 1.82) is 0 Å². The second-order valence-corrected chi connectivity index (χ2v) is 5.29. The monoisotopic (exact) mass is 327 g/mol. The number of rotatable bonds is 5. The second-order valence-electron chi connectivity index (χ2n) is 5.29. The number of fused-ring (bicyclic) bond motifs is 1. The molecule has 0 radical (unpaired) electrons. The van der Waals surface area contributed by atoms with Crippen molar-refractivity contribution in [2.24, 2.45) is 0 Å². The molecular weight excluding hydrogens is 310 g/mol. The fraction of sp³-hybridized carbons (Fsp3) is 0.250. The van der Waals surface area contributed by atoms with Gasteiger partial charge < -0.3 is 10.0 Å². The third-order valence-corrected chi connectivity index (χ3v) is 3.76. The first-order chi connectivity index (χ1) is 11.6. The third kappa shape index (κ3) is 2.91. The maximum Gasteiger partial charge on any atom is 0.264 e. The van der Waals surface area contributed by atoms with Crippen LogP contribution in [0, 0.1) is 0 Å². The molecular formula is C16H17N5O3. The summed E-state index contributed by atoms with van der Waals surface area (Å²) in [5.41, 5.74) is 0.813. The van der Waals surface area contributed by atoms with E-state index < -0.39 is 0 Å². The lowest BCUT2D eigenvalue weighted by Crippen LogP contribution is -2.34. The number of anilines is 1. The summed E-state index contributed by atoms with van der Waals surface area (Å²) >= 11 is 0. The van der Waals surface area contributed by atoms with Crippen LogP contribution in [0.4, 0.5) is 5.69 Å². The van der Waals surface area contributed by atoms with Gasteiger partial charge in [0.1, 0.15) is 18.3 Å². The minimum atomic E-state index is -0.334. The van der Waals surface area contributed by atoms with Crippen LogP contribution < -0.4 is 10.5 Å². The molecule has 2 aromatic heterocycles. The van der Waals surface area contributed by atoms with Crippen molar-refractivity contribution in [2.45, 2.75) is 13.1 Å². The molecule has 0 saturated carbocycles. The van der Waals surface area contributed by atoms with E-state index in [9.17, 15) is 9.59 Å². The highest BCUT2D eigenvalue weighted by Crippen LogP contribution is 2.11. The highest BCUT2D eigenvalue weighted by molar-refractivity contribution is 5.92. The lowest BCUT2D eigenvalue weighted by atomic mass is 10.3. The zero-order valence-electron chi connectivity index (χ0n) is 13.2. The molecule has 0 spiro atoms. The van der Waals surface area contributed by atoms with E-state index in [2.05, 4.69) is 10.1 Å². The van der Waals surface area contributed by atoms with Crippen LogP contribution in [0.2, 0.25) is 0 Å². The normalized spacial score (nSPS) is 10.9. The van der Waals surface area contributed by atoms with Crippen molar-refractivity contribution in [1.82, 2.24) is 19.3 Å². The highest BCUT2D eigenvalue weighted by atomic mass is 16.3. The quantitative estimate of drug-likeness (QED) is 0.725. The lowest BCUT2D eigenvalue weighted by molar-refractivity contribution is -0.118. The standard InChI is InChI=1S/C16H17N5O3/c1-19(12-5-3-2-4-6-12)14(23)10-20-11-17-15-13(16(20)24)9-18-21(15)7-8-22/h2-6,9,11,22H,7-8,10H2,1H3. The summed E-state index contributed by atoms with van der Waals surface area (Å²) in [6.07, 6.45) is 2.74. The number of nitrogens with zero attached hydrogens (tertiary/aromatic N) is 5. The second kappa shape index (κ2) is 6.63. The number of aliphatic hydroxyl groups is 1. The van der Waals surface area contributed by atoms with E-state index in [0.29, 0.717) is 11.0 Å². The van der Waals surface area contributed by atoms with Crippen LogP contribution in [-0.4, -0.2) is 44.0 Å².